The maximum absolute atomic E-state index is 13.5. The van der Waals surface area contributed by atoms with Gasteiger partial charge in [-0.25, -0.2) is 0 Å². The Hall–Kier alpha value is -2.64. The lowest BCUT2D eigenvalue weighted by molar-refractivity contribution is -0.143. The molecule has 3 aliphatic heterocycles. The Morgan fingerprint density at radius 1 is 1.34 bits per heavy atom. The first kappa shape index (κ1) is 22.6. The number of benzene rings is 1. The molecular formula is C22H26F3N5O2. The van der Waals surface area contributed by atoms with Crippen molar-refractivity contribution in [2.45, 2.75) is 62.6 Å². The minimum atomic E-state index is -4.50. The maximum atomic E-state index is 13.5. The SMILES string of the molecule is C[C@H](c1ccccc1C(F)(F)F)N1C(=O)[C@@H]2CC1CN2C[C@H](N)C(=O)N1CCC[C@H]1C#N. The van der Waals surface area contributed by atoms with E-state index in [1.54, 1.807) is 17.9 Å². The second-order valence-corrected chi connectivity index (χ2v) is 8.79. The first-order chi connectivity index (χ1) is 15.1. The van der Waals surface area contributed by atoms with E-state index < -0.39 is 35.9 Å². The number of nitrogens with zero attached hydrogens (tertiary/aromatic N) is 4. The third-order valence-electron chi connectivity index (χ3n) is 6.88. The molecule has 7 nitrogen and oxygen atoms in total. The van der Waals surface area contributed by atoms with Crippen molar-refractivity contribution in [1.82, 2.24) is 14.7 Å². The highest BCUT2D eigenvalue weighted by Crippen LogP contribution is 2.41. The van der Waals surface area contributed by atoms with Gasteiger partial charge in [0.1, 0.15) is 6.04 Å². The molecule has 0 aromatic heterocycles. The van der Waals surface area contributed by atoms with E-state index in [2.05, 4.69) is 6.07 Å². The molecule has 0 radical (unpaired) electrons. The normalized spacial score (nSPS) is 27.6. The number of piperazine rings is 1. The summed E-state index contributed by atoms with van der Waals surface area (Å²) < 4.78 is 40.4. The van der Waals surface area contributed by atoms with E-state index in [1.807, 2.05) is 4.90 Å². The topological polar surface area (TPSA) is 93.7 Å². The summed E-state index contributed by atoms with van der Waals surface area (Å²) in [5.41, 5.74) is 5.48. The Labute approximate surface area is 184 Å². The number of alkyl halides is 3. The highest BCUT2D eigenvalue weighted by molar-refractivity contribution is 5.87. The highest BCUT2D eigenvalue weighted by atomic mass is 19.4. The number of halogens is 3. The standard InChI is InChI=1S/C22H26F3N5O2/c1-13(16-6-2-3-7-17(16)22(23,24)25)30-15-9-19(21(30)32)28(11-15)12-18(27)20(31)29-8-4-5-14(29)10-26/h2-3,6-7,13-15,18-19H,4-5,8-9,11-12,27H2,1H3/t13-,14+,15?,18+,19+/m1/s1. The molecule has 2 bridgehead atoms. The van der Waals surface area contributed by atoms with Gasteiger partial charge in [-0.15, -0.1) is 0 Å². The van der Waals surface area contributed by atoms with Gasteiger partial charge in [-0.05, 0) is 37.8 Å². The summed E-state index contributed by atoms with van der Waals surface area (Å²) in [6.07, 6.45) is -2.60. The summed E-state index contributed by atoms with van der Waals surface area (Å²) >= 11 is 0. The lowest BCUT2D eigenvalue weighted by Crippen LogP contribution is -2.56. The van der Waals surface area contributed by atoms with Crippen LogP contribution in [0.3, 0.4) is 0 Å². The number of nitriles is 1. The van der Waals surface area contributed by atoms with Crippen LogP contribution in [0.4, 0.5) is 13.2 Å². The molecule has 10 heteroatoms. The predicted octanol–water partition coefficient (Wildman–Crippen LogP) is 1.89. The van der Waals surface area contributed by atoms with Gasteiger partial charge in [0.05, 0.1) is 29.8 Å². The fraction of sp³-hybridized carbons (Fsp3) is 0.591. The molecule has 172 valence electrons. The molecule has 0 aliphatic carbocycles. The number of carbonyl (C=O) groups is 2. The van der Waals surface area contributed by atoms with Crippen LogP contribution in [0.2, 0.25) is 0 Å². The number of nitrogens with two attached hydrogens (primary N) is 1. The van der Waals surface area contributed by atoms with E-state index in [-0.39, 0.29) is 30.0 Å². The Bertz CT molecular complexity index is 946. The lowest BCUT2D eigenvalue weighted by Gasteiger charge is -2.39. The van der Waals surface area contributed by atoms with Crippen molar-refractivity contribution < 1.29 is 22.8 Å². The summed E-state index contributed by atoms with van der Waals surface area (Å²) in [4.78, 5) is 30.7. The zero-order valence-electron chi connectivity index (χ0n) is 17.8. The largest absolute Gasteiger partial charge is 0.416 e. The average molecular weight is 449 g/mol. The van der Waals surface area contributed by atoms with E-state index in [0.29, 0.717) is 25.9 Å². The second-order valence-electron chi connectivity index (χ2n) is 8.79. The monoisotopic (exact) mass is 449 g/mol. The van der Waals surface area contributed by atoms with Crippen LogP contribution in [-0.2, 0) is 15.8 Å². The van der Waals surface area contributed by atoms with Crippen LogP contribution in [0.25, 0.3) is 0 Å². The number of rotatable bonds is 5. The number of likely N-dealkylation sites (tertiary alicyclic amines) is 3. The Kier molecular flexibility index (Phi) is 5.90. The molecule has 3 heterocycles. The summed E-state index contributed by atoms with van der Waals surface area (Å²) in [5.74, 6) is -0.532. The quantitative estimate of drug-likeness (QED) is 0.741. The molecule has 4 rings (SSSR count). The van der Waals surface area contributed by atoms with Gasteiger partial charge < -0.3 is 15.5 Å². The zero-order valence-corrected chi connectivity index (χ0v) is 17.8. The van der Waals surface area contributed by atoms with Crippen molar-refractivity contribution in [1.29, 1.82) is 5.26 Å². The van der Waals surface area contributed by atoms with Crippen molar-refractivity contribution in [2.75, 3.05) is 19.6 Å². The highest BCUT2D eigenvalue weighted by Gasteiger charge is 2.52. The molecule has 2 amide bonds. The van der Waals surface area contributed by atoms with Gasteiger partial charge in [-0.2, -0.15) is 18.4 Å². The van der Waals surface area contributed by atoms with E-state index in [4.69, 9.17) is 5.73 Å². The average Bonchev–Trinajstić information content (AvgIpc) is 3.46. The number of amides is 2. The molecule has 5 atom stereocenters. The zero-order chi connectivity index (χ0) is 23.2. The van der Waals surface area contributed by atoms with Gasteiger partial charge >= 0.3 is 6.18 Å². The summed E-state index contributed by atoms with van der Waals surface area (Å²) in [5, 5.41) is 9.20. The number of carbonyl (C=O) groups excluding carboxylic acids is 2. The Morgan fingerprint density at radius 2 is 2.06 bits per heavy atom. The number of hydrogen-bond donors (Lipinski definition) is 1. The van der Waals surface area contributed by atoms with Crippen molar-refractivity contribution in [2.24, 2.45) is 5.73 Å². The second kappa shape index (κ2) is 8.37. The van der Waals surface area contributed by atoms with Crippen LogP contribution in [-0.4, -0.2) is 70.3 Å². The Balaban J connectivity index is 1.44. The molecule has 3 fully saturated rings. The number of hydrogen-bond acceptors (Lipinski definition) is 5. The molecule has 1 unspecified atom stereocenters. The molecule has 32 heavy (non-hydrogen) atoms. The first-order valence-electron chi connectivity index (χ1n) is 10.8. The van der Waals surface area contributed by atoms with Gasteiger partial charge in [0.2, 0.25) is 11.8 Å². The molecule has 1 aromatic carbocycles. The fourth-order valence-electron chi connectivity index (χ4n) is 5.38. The van der Waals surface area contributed by atoms with Gasteiger partial charge in [-0.3, -0.25) is 14.5 Å². The van der Waals surface area contributed by atoms with Crippen LogP contribution in [0.5, 0.6) is 0 Å². The van der Waals surface area contributed by atoms with Crippen molar-refractivity contribution in [3.63, 3.8) is 0 Å². The lowest BCUT2D eigenvalue weighted by atomic mass is 9.99. The predicted molar refractivity (Wildman–Crippen MR) is 109 cm³/mol. The molecule has 2 N–H and O–H groups in total. The Morgan fingerprint density at radius 3 is 2.72 bits per heavy atom. The summed E-state index contributed by atoms with van der Waals surface area (Å²) in [7, 11) is 0. The van der Waals surface area contributed by atoms with E-state index in [0.717, 1.165) is 12.5 Å². The maximum Gasteiger partial charge on any atom is 0.416 e. The van der Waals surface area contributed by atoms with Crippen molar-refractivity contribution in [3.8, 4) is 6.07 Å². The molecule has 0 spiro atoms. The molecule has 1 aromatic rings. The minimum absolute atomic E-state index is 0.0795. The first-order valence-corrected chi connectivity index (χ1v) is 10.8. The van der Waals surface area contributed by atoms with Gasteiger partial charge in [0, 0.05) is 25.7 Å². The van der Waals surface area contributed by atoms with Crippen LogP contribution in [0.1, 0.15) is 43.4 Å². The summed E-state index contributed by atoms with van der Waals surface area (Å²) in [6, 6.07) is 4.70. The van der Waals surface area contributed by atoms with Crippen LogP contribution >= 0.6 is 0 Å². The minimum Gasteiger partial charge on any atom is -0.330 e. The van der Waals surface area contributed by atoms with E-state index in [1.165, 1.54) is 17.0 Å². The third-order valence-corrected chi connectivity index (χ3v) is 6.88. The molecule has 0 saturated carbocycles. The van der Waals surface area contributed by atoms with E-state index in [9.17, 15) is 28.0 Å². The van der Waals surface area contributed by atoms with Gasteiger partial charge in [0.15, 0.2) is 0 Å². The number of fused-ring (bicyclic) bond motifs is 2. The van der Waals surface area contributed by atoms with E-state index >= 15 is 0 Å². The van der Waals surface area contributed by atoms with Gasteiger partial charge in [0.25, 0.3) is 0 Å². The van der Waals surface area contributed by atoms with Crippen LogP contribution < -0.4 is 5.73 Å². The smallest absolute Gasteiger partial charge is 0.330 e. The van der Waals surface area contributed by atoms with Crippen LogP contribution in [0, 0.1) is 11.3 Å². The molecule has 3 saturated heterocycles. The van der Waals surface area contributed by atoms with Crippen LogP contribution in [0.15, 0.2) is 24.3 Å². The van der Waals surface area contributed by atoms with Gasteiger partial charge in [-0.1, -0.05) is 18.2 Å². The van der Waals surface area contributed by atoms with Crippen molar-refractivity contribution in [3.05, 3.63) is 35.4 Å². The molecule has 3 aliphatic rings. The molecular weight excluding hydrogens is 423 g/mol. The van der Waals surface area contributed by atoms with Crippen molar-refractivity contribution >= 4 is 11.8 Å². The third kappa shape index (κ3) is 3.84. The fourth-order valence-corrected chi connectivity index (χ4v) is 5.38. The summed E-state index contributed by atoms with van der Waals surface area (Å²) in [6.45, 7) is 2.76.